The average Bonchev–Trinajstić information content (AvgIpc) is 2.74. The molecule has 0 aliphatic rings. The number of hydrogen-bond donors (Lipinski definition) is 1. The quantitative estimate of drug-likeness (QED) is 0.762. The molecule has 0 radical (unpaired) electrons. The molecule has 17 heavy (non-hydrogen) atoms. The summed E-state index contributed by atoms with van der Waals surface area (Å²) in [5.74, 6) is 0. The Morgan fingerprint density at radius 1 is 1.47 bits per heavy atom. The minimum Gasteiger partial charge on any atom is -0.395 e. The van der Waals surface area contributed by atoms with Gasteiger partial charge >= 0.3 is 0 Å². The molecule has 0 aliphatic heterocycles. The summed E-state index contributed by atoms with van der Waals surface area (Å²) in [6.07, 6.45) is 5.73. The maximum absolute atomic E-state index is 9.01. The van der Waals surface area contributed by atoms with Gasteiger partial charge in [-0.1, -0.05) is 12.1 Å². The van der Waals surface area contributed by atoms with E-state index in [-0.39, 0.29) is 6.61 Å². The molecule has 0 saturated heterocycles. The van der Waals surface area contributed by atoms with Gasteiger partial charge in [0, 0.05) is 25.8 Å². The van der Waals surface area contributed by atoms with Crippen LogP contribution in [0.25, 0.3) is 5.65 Å². The van der Waals surface area contributed by atoms with E-state index in [1.165, 1.54) is 0 Å². The Hall–Kier alpha value is -1.65. The average molecular weight is 231 g/mol. The van der Waals surface area contributed by atoms with Gasteiger partial charge in [0.05, 0.1) is 18.5 Å². The van der Waals surface area contributed by atoms with Crippen molar-refractivity contribution in [3.05, 3.63) is 48.9 Å². The molecule has 0 saturated carbocycles. The summed E-state index contributed by atoms with van der Waals surface area (Å²) in [6.45, 7) is 6.06. The number of fused-ring (bicyclic) bond motifs is 1. The van der Waals surface area contributed by atoms with Crippen molar-refractivity contribution in [3.63, 3.8) is 0 Å². The normalized spacial score (nSPS) is 11.2. The van der Waals surface area contributed by atoms with E-state index in [0.717, 1.165) is 24.4 Å². The fourth-order valence-corrected chi connectivity index (χ4v) is 1.89. The molecule has 0 spiro atoms. The van der Waals surface area contributed by atoms with Crippen LogP contribution >= 0.6 is 0 Å². The van der Waals surface area contributed by atoms with Crippen molar-refractivity contribution in [2.45, 2.75) is 6.54 Å². The highest BCUT2D eigenvalue weighted by Gasteiger charge is 2.07. The summed E-state index contributed by atoms with van der Waals surface area (Å²) in [5.41, 5.74) is 2.07. The molecular weight excluding hydrogens is 214 g/mol. The van der Waals surface area contributed by atoms with Crippen LogP contribution in [0.15, 0.2) is 43.2 Å². The van der Waals surface area contributed by atoms with E-state index < -0.39 is 0 Å². The minimum absolute atomic E-state index is 0.157. The Morgan fingerprint density at radius 3 is 3.12 bits per heavy atom. The molecule has 2 rings (SSSR count). The first-order chi connectivity index (χ1) is 8.35. The summed E-state index contributed by atoms with van der Waals surface area (Å²) >= 11 is 0. The molecule has 0 amide bonds. The second-order valence-electron chi connectivity index (χ2n) is 3.93. The highest BCUT2D eigenvalue weighted by molar-refractivity contribution is 5.39. The molecule has 4 nitrogen and oxygen atoms in total. The molecule has 0 unspecified atom stereocenters. The van der Waals surface area contributed by atoms with Crippen LogP contribution in [0.5, 0.6) is 0 Å². The molecule has 0 bridgehead atoms. The van der Waals surface area contributed by atoms with Gasteiger partial charge in [0.1, 0.15) is 5.65 Å². The van der Waals surface area contributed by atoms with E-state index in [0.29, 0.717) is 6.54 Å². The van der Waals surface area contributed by atoms with Gasteiger partial charge in [-0.2, -0.15) is 0 Å². The lowest BCUT2D eigenvalue weighted by atomic mass is 10.3. The van der Waals surface area contributed by atoms with Crippen molar-refractivity contribution in [2.75, 3.05) is 19.7 Å². The lowest BCUT2D eigenvalue weighted by Gasteiger charge is -2.18. The Kier molecular flexibility index (Phi) is 3.90. The first kappa shape index (κ1) is 11.8. The van der Waals surface area contributed by atoms with Crippen LogP contribution in [-0.2, 0) is 6.54 Å². The van der Waals surface area contributed by atoms with Crippen molar-refractivity contribution >= 4 is 5.65 Å². The van der Waals surface area contributed by atoms with Crippen LogP contribution < -0.4 is 0 Å². The fraction of sp³-hybridized carbons (Fsp3) is 0.308. The maximum atomic E-state index is 9.01. The van der Waals surface area contributed by atoms with E-state index in [9.17, 15) is 0 Å². The van der Waals surface area contributed by atoms with Crippen LogP contribution in [-0.4, -0.2) is 39.1 Å². The molecule has 2 aromatic heterocycles. The third kappa shape index (κ3) is 2.72. The van der Waals surface area contributed by atoms with Crippen molar-refractivity contribution < 1.29 is 5.11 Å². The summed E-state index contributed by atoms with van der Waals surface area (Å²) in [6, 6.07) is 5.94. The highest BCUT2D eigenvalue weighted by Crippen LogP contribution is 2.08. The molecule has 0 fully saturated rings. The number of pyridine rings is 1. The fourth-order valence-electron chi connectivity index (χ4n) is 1.89. The maximum Gasteiger partial charge on any atom is 0.136 e. The van der Waals surface area contributed by atoms with Crippen molar-refractivity contribution in [2.24, 2.45) is 0 Å². The largest absolute Gasteiger partial charge is 0.395 e. The number of rotatable bonds is 6. The van der Waals surface area contributed by atoms with Gasteiger partial charge in [0.2, 0.25) is 0 Å². The molecular formula is C13H17N3O. The van der Waals surface area contributed by atoms with E-state index in [2.05, 4.69) is 20.9 Å². The third-order valence-electron chi connectivity index (χ3n) is 2.68. The van der Waals surface area contributed by atoms with Crippen LogP contribution in [0.3, 0.4) is 0 Å². The molecule has 2 heterocycles. The van der Waals surface area contributed by atoms with Gasteiger partial charge in [-0.25, -0.2) is 4.98 Å². The van der Waals surface area contributed by atoms with Gasteiger partial charge in [0.15, 0.2) is 0 Å². The van der Waals surface area contributed by atoms with Crippen LogP contribution in [0.2, 0.25) is 0 Å². The summed E-state index contributed by atoms with van der Waals surface area (Å²) < 4.78 is 2.06. The zero-order valence-corrected chi connectivity index (χ0v) is 9.79. The number of imidazole rings is 1. The Balaban J connectivity index is 2.18. The predicted octanol–water partition coefficient (Wildman–Crippen LogP) is 1.31. The smallest absolute Gasteiger partial charge is 0.136 e. The number of aromatic nitrogens is 2. The lowest BCUT2D eigenvalue weighted by Crippen LogP contribution is -2.27. The van der Waals surface area contributed by atoms with Gasteiger partial charge < -0.3 is 9.51 Å². The standard InChI is InChI=1S/C13H17N3O/c1-2-6-15(8-9-17)11-12-10-14-13-5-3-4-7-16(12)13/h2-5,7,10,17H,1,6,8-9,11H2. The molecule has 0 atom stereocenters. The molecule has 90 valence electrons. The van der Waals surface area contributed by atoms with Gasteiger partial charge in [0.25, 0.3) is 0 Å². The summed E-state index contributed by atoms with van der Waals surface area (Å²) in [5, 5.41) is 9.01. The van der Waals surface area contributed by atoms with Crippen LogP contribution in [0, 0.1) is 0 Å². The van der Waals surface area contributed by atoms with Crippen LogP contribution in [0.1, 0.15) is 5.69 Å². The molecule has 0 aromatic carbocycles. The molecule has 0 aliphatic carbocycles. The van der Waals surface area contributed by atoms with Gasteiger partial charge in [-0.3, -0.25) is 4.90 Å². The molecule has 4 heteroatoms. The zero-order chi connectivity index (χ0) is 12.1. The first-order valence-corrected chi connectivity index (χ1v) is 5.70. The number of aliphatic hydroxyl groups is 1. The van der Waals surface area contributed by atoms with Crippen molar-refractivity contribution in [3.8, 4) is 0 Å². The second kappa shape index (κ2) is 5.61. The summed E-state index contributed by atoms with van der Waals surface area (Å²) in [7, 11) is 0. The Bertz CT molecular complexity index is 492. The summed E-state index contributed by atoms with van der Waals surface area (Å²) in [4.78, 5) is 6.47. The number of aliphatic hydroxyl groups excluding tert-OH is 1. The van der Waals surface area contributed by atoms with Crippen LogP contribution in [0.4, 0.5) is 0 Å². The van der Waals surface area contributed by atoms with E-state index in [4.69, 9.17) is 5.11 Å². The van der Waals surface area contributed by atoms with Crippen molar-refractivity contribution in [1.29, 1.82) is 0 Å². The zero-order valence-electron chi connectivity index (χ0n) is 9.79. The van der Waals surface area contributed by atoms with E-state index in [1.54, 1.807) is 0 Å². The minimum atomic E-state index is 0.157. The van der Waals surface area contributed by atoms with E-state index >= 15 is 0 Å². The third-order valence-corrected chi connectivity index (χ3v) is 2.68. The second-order valence-corrected chi connectivity index (χ2v) is 3.93. The van der Waals surface area contributed by atoms with Crippen molar-refractivity contribution in [1.82, 2.24) is 14.3 Å². The number of nitrogens with zero attached hydrogens (tertiary/aromatic N) is 3. The predicted molar refractivity (Wildman–Crippen MR) is 67.8 cm³/mol. The highest BCUT2D eigenvalue weighted by atomic mass is 16.3. The Morgan fingerprint density at radius 2 is 2.35 bits per heavy atom. The molecule has 2 aromatic rings. The Labute approximate surface area is 101 Å². The van der Waals surface area contributed by atoms with Gasteiger partial charge in [-0.05, 0) is 12.1 Å². The topological polar surface area (TPSA) is 40.8 Å². The van der Waals surface area contributed by atoms with Gasteiger partial charge in [-0.15, -0.1) is 6.58 Å². The monoisotopic (exact) mass is 231 g/mol. The first-order valence-electron chi connectivity index (χ1n) is 5.70. The van der Waals surface area contributed by atoms with E-state index in [1.807, 2.05) is 36.7 Å². The SMILES string of the molecule is C=CCN(CCO)Cc1cnc2ccccn12. The number of hydrogen-bond acceptors (Lipinski definition) is 3. The lowest BCUT2D eigenvalue weighted by molar-refractivity contribution is 0.202. The molecule has 1 N–H and O–H groups in total.